The summed E-state index contributed by atoms with van der Waals surface area (Å²) in [6.07, 6.45) is 7.08. The first-order valence-corrected chi connectivity index (χ1v) is 18.3. The lowest BCUT2D eigenvalue weighted by molar-refractivity contribution is -0.0399. The van der Waals surface area contributed by atoms with Crippen molar-refractivity contribution in [1.82, 2.24) is 0 Å². The predicted molar refractivity (Wildman–Crippen MR) is 199 cm³/mol. The lowest BCUT2D eigenvalue weighted by Gasteiger charge is -2.61. The molecule has 1 nitrogen and oxygen atoms in total. The first-order valence-electron chi connectivity index (χ1n) is 18.3. The van der Waals surface area contributed by atoms with Gasteiger partial charge in [0.1, 0.15) is 0 Å². The topological polar surface area (TPSA) is 3.24 Å². The summed E-state index contributed by atoms with van der Waals surface area (Å²) in [5.41, 5.74) is 15.6. The molecule has 0 amide bonds. The second kappa shape index (κ2) is 9.50. The van der Waals surface area contributed by atoms with Crippen LogP contribution >= 0.6 is 0 Å². The van der Waals surface area contributed by atoms with Crippen LogP contribution < -0.4 is 4.90 Å². The van der Waals surface area contributed by atoms with Crippen LogP contribution in [-0.2, 0) is 10.8 Å². The van der Waals surface area contributed by atoms with Crippen molar-refractivity contribution in [3.05, 3.63) is 150 Å². The van der Waals surface area contributed by atoms with E-state index < -0.39 is 0 Å². The van der Waals surface area contributed by atoms with E-state index in [2.05, 4.69) is 146 Å². The highest BCUT2D eigenvalue weighted by molar-refractivity contribution is 6.00. The summed E-state index contributed by atoms with van der Waals surface area (Å²) in [4.78, 5) is 2.57. The minimum atomic E-state index is -0.0140. The van der Waals surface area contributed by atoms with E-state index in [9.17, 15) is 0 Å². The number of fused-ring (bicyclic) bond motifs is 7. The largest absolute Gasteiger partial charge is 0.310 e. The lowest BCUT2D eigenvalue weighted by atomic mass is 9.43. The molecule has 6 aliphatic carbocycles. The summed E-state index contributed by atoms with van der Waals surface area (Å²) in [6, 6.07) is 49.0. The molecule has 0 aliphatic heterocycles. The van der Waals surface area contributed by atoms with Crippen LogP contribution in [0.5, 0.6) is 0 Å². The van der Waals surface area contributed by atoms with Crippen LogP contribution in [0.1, 0.15) is 68.2 Å². The van der Waals surface area contributed by atoms with Gasteiger partial charge in [0.2, 0.25) is 0 Å². The van der Waals surface area contributed by atoms with Gasteiger partial charge in [0, 0.05) is 27.6 Å². The maximum absolute atomic E-state index is 2.64. The van der Waals surface area contributed by atoms with Crippen LogP contribution in [0.2, 0.25) is 0 Å². The van der Waals surface area contributed by atoms with Crippen LogP contribution in [-0.4, -0.2) is 0 Å². The van der Waals surface area contributed by atoms with Crippen molar-refractivity contribution in [2.45, 2.75) is 56.8 Å². The first kappa shape index (κ1) is 27.3. The third kappa shape index (κ3) is 3.42. The molecule has 0 N–H and O–H groups in total. The van der Waals surface area contributed by atoms with Crippen molar-refractivity contribution in [3.8, 4) is 22.3 Å². The van der Waals surface area contributed by atoms with Crippen molar-refractivity contribution in [3.63, 3.8) is 0 Å². The Bertz CT molecular complexity index is 2270. The quantitative estimate of drug-likeness (QED) is 0.190. The molecular weight excluding hydrogens is 579 g/mol. The van der Waals surface area contributed by atoms with Gasteiger partial charge in [-0.15, -0.1) is 0 Å². The Kier molecular flexibility index (Phi) is 5.41. The monoisotopic (exact) mass is 619 g/mol. The molecule has 0 aromatic heterocycles. The van der Waals surface area contributed by atoms with Crippen LogP contribution in [0.3, 0.4) is 0 Å². The molecule has 6 aromatic rings. The number of rotatable bonds is 3. The van der Waals surface area contributed by atoms with Crippen molar-refractivity contribution in [2.24, 2.45) is 23.7 Å². The first-order chi connectivity index (χ1) is 23.5. The molecule has 0 radical (unpaired) electrons. The zero-order chi connectivity index (χ0) is 31.8. The van der Waals surface area contributed by atoms with Gasteiger partial charge in [-0.25, -0.2) is 0 Å². The lowest BCUT2D eigenvalue weighted by Crippen LogP contribution is -2.55. The summed E-state index contributed by atoms with van der Waals surface area (Å²) < 4.78 is 0. The summed E-state index contributed by atoms with van der Waals surface area (Å²) in [6.45, 7) is 4.75. The average Bonchev–Trinajstić information content (AvgIpc) is 3.53. The minimum absolute atomic E-state index is 0.0140. The molecule has 0 saturated heterocycles. The fourth-order valence-electron chi connectivity index (χ4n) is 12.0. The zero-order valence-corrected chi connectivity index (χ0v) is 27.9. The van der Waals surface area contributed by atoms with E-state index in [1.165, 1.54) is 93.3 Å². The molecule has 0 atom stereocenters. The molecule has 4 bridgehead atoms. The molecule has 234 valence electrons. The summed E-state index contributed by atoms with van der Waals surface area (Å²) in [5, 5.41) is 2.56. The van der Waals surface area contributed by atoms with Gasteiger partial charge in [-0.1, -0.05) is 111 Å². The van der Waals surface area contributed by atoms with Crippen LogP contribution in [0.25, 0.3) is 33.0 Å². The highest BCUT2D eigenvalue weighted by Gasteiger charge is 2.61. The third-order valence-electron chi connectivity index (χ3n) is 13.6. The van der Waals surface area contributed by atoms with Crippen LogP contribution in [0, 0.1) is 23.7 Å². The summed E-state index contributed by atoms with van der Waals surface area (Å²) >= 11 is 0. The Morgan fingerprint density at radius 2 is 1.06 bits per heavy atom. The summed E-state index contributed by atoms with van der Waals surface area (Å²) in [7, 11) is 0. The number of anilines is 3. The van der Waals surface area contributed by atoms with Gasteiger partial charge in [0.05, 0.1) is 5.69 Å². The number of nitrogens with zero attached hydrogens (tertiary/aromatic N) is 1. The third-order valence-corrected chi connectivity index (χ3v) is 13.6. The van der Waals surface area contributed by atoms with E-state index in [1.807, 2.05) is 0 Å². The SMILES string of the molecule is CC1(C)c2ccccc2-c2cc(N(c3ccc4c(c3)C3(c5ccccc5-4)C4CC5CC(C4)CC3C5)c3cccc4ccccc34)ccc21. The molecule has 4 fully saturated rings. The number of hydrogen-bond acceptors (Lipinski definition) is 1. The molecular formula is C47H41N. The number of benzene rings is 6. The van der Waals surface area contributed by atoms with Crippen LogP contribution in [0.15, 0.2) is 127 Å². The van der Waals surface area contributed by atoms with E-state index >= 15 is 0 Å². The van der Waals surface area contributed by atoms with Gasteiger partial charge in [-0.2, -0.15) is 0 Å². The van der Waals surface area contributed by atoms with Gasteiger partial charge in [0.15, 0.2) is 0 Å². The van der Waals surface area contributed by atoms with Crippen LogP contribution in [0.4, 0.5) is 17.1 Å². The van der Waals surface area contributed by atoms with E-state index in [0.29, 0.717) is 0 Å². The Hall–Kier alpha value is -4.62. The molecule has 1 spiro atoms. The molecule has 0 unspecified atom stereocenters. The highest BCUT2D eigenvalue weighted by Crippen LogP contribution is 2.69. The van der Waals surface area contributed by atoms with E-state index in [-0.39, 0.29) is 10.8 Å². The van der Waals surface area contributed by atoms with Gasteiger partial charge in [-0.3, -0.25) is 0 Å². The molecule has 1 heteroatoms. The van der Waals surface area contributed by atoms with Gasteiger partial charge >= 0.3 is 0 Å². The predicted octanol–water partition coefficient (Wildman–Crippen LogP) is 12.3. The van der Waals surface area contributed by atoms with Gasteiger partial charge in [0.25, 0.3) is 0 Å². The van der Waals surface area contributed by atoms with E-state index in [4.69, 9.17) is 0 Å². The summed E-state index contributed by atoms with van der Waals surface area (Å²) in [5.74, 6) is 3.36. The Labute approximate surface area is 284 Å². The van der Waals surface area contributed by atoms with E-state index in [1.54, 1.807) is 11.1 Å². The number of hydrogen-bond donors (Lipinski definition) is 0. The highest BCUT2D eigenvalue weighted by atomic mass is 15.1. The maximum atomic E-state index is 2.64. The van der Waals surface area contributed by atoms with Crippen molar-refractivity contribution in [2.75, 3.05) is 4.90 Å². The fraction of sp³-hybridized carbons (Fsp3) is 0.277. The molecule has 4 saturated carbocycles. The second-order valence-corrected chi connectivity index (χ2v) is 16.2. The van der Waals surface area contributed by atoms with Gasteiger partial charge < -0.3 is 4.90 Å². The average molecular weight is 620 g/mol. The van der Waals surface area contributed by atoms with Crippen molar-refractivity contribution in [1.29, 1.82) is 0 Å². The molecule has 12 rings (SSSR count). The van der Waals surface area contributed by atoms with Gasteiger partial charge in [-0.05, 0) is 136 Å². The molecule has 6 aromatic carbocycles. The van der Waals surface area contributed by atoms with Crippen molar-refractivity contribution < 1.29 is 0 Å². The smallest absolute Gasteiger partial charge is 0.0540 e. The molecule has 48 heavy (non-hydrogen) atoms. The fourth-order valence-corrected chi connectivity index (χ4v) is 12.0. The van der Waals surface area contributed by atoms with E-state index in [0.717, 1.165) is 23.7 Å². The second-order valence-electron chi connectivity index (χ2n) is 16.2. The Morgan fingerprint density at radius 1 is 0.479 bits per heavy atom. The zero-order valence-electron chi connectivity index (χ0n) is 27.9. The Balaban J connectivity index is 1.16. The Morgan fingerprint density at radius 3 is 1.85 bits per heavy atom. The van der Waals surface area contributed by atoms with Crippen molar-refractivity contribution >= 4 is 27.8 Å². The normalized spacial score (nSPS) is 26.4. The minimum Gasteiger partial charge on any atom is -0.310 e. The standard InChI is InChI=1S/C47H41N/c1-46(2)41-15-7-5-14-38(41)40-27-34(19-21-42(40)46)48(45-17-9-11-31-10-3-4-12-36(31)45)35-18-20-39-37-13-6-8-16-43(37)47(44(39)28-35)32-23-29-22-30(25-32)26-33(47)24-29/h3-21,27-30,32-33H,22-26H2,1-2H3. The molecule has 0 heterocycles. The maximum Gasteiger partial charge on any atom is 0.0540 e. The molecule has 6 aliphatic rings.